The number of amides is 1. The van der Waals surface area contributed by atoms with Crippen LogP contribution in [0.2, 0.25) is 18.6 Å². The highest BCUT2D eigenvalue weighted by Gasteiger charge is 2.09. The van der Waals surface area contributed by atoms with Gasteiger partial charge in [-0.1, -0.05) is 12.6 Å². The molecule has 0 aliphatic rings. The number of likely N-dealkylation sites (N-methyl/N-ethyl adjacent to an activating group) is 1. The summed E-state index contributed by atoms with van der Waals surface area (Å²) in [6.45, 7) is 16.3. The summed E-state index contributed by atoms with van der Waals surface area (Å²) in [5.41, 5.74) is 0. The Hall–Kier alpha value is -1.77. The molecule has 28 heavy (non-hydrogen) atoms. The molecule has 0 fully saturated rings. The molecule has 162 valence electrons. The Balaban J connectivity index is -0.000000375. The minimum Gasteiger partial charge on any atom is -0.460 e. The number of carbonyl (C=O) groups excluding carboxylic acids is 2. The molecular formula is C17H35N3O6Si2. The molecule has 0 radical (unpaired) electrons. The lowest BCUT2D eigenvalue weighted by molar-refractivity contribution is -0.248. The third-order valence-electron chi connectivity index (χ3n) is 3.12. The second-order valence-electron chi connectivity index (χ2n) is 5.41. The van der Waals surface area contributed by atoms with Crippen LogP contribution in [0, 0.1) is 13.1 Å². The summed E-state index contributed by atoms with van der Waals surface area (Å²) < 4.78 is 9.69. The van der Waals surface area contributed by atoms with E-state index in [0.717, 1.165) is 25.4 Å². The van der Waals surface area contributed by atoms with Gasteiger partial charge in [0.1, 0.15) is 0 Å². The predicted octanol–water partition coefficient (Wildman–Crippen LogP) is 0.571. The van der Waals surface area contributed by atoms with Crippen LogP contribution < -0.4 is 0 Å². The number of hydrogen-bond donors (Lipinski definition) is 0. The monoisotopic (exact) mass is 433 g/mol. The van der Waals surface area contributed by atoms with Crippen LogP contribution in [0.15, 0.2) is 0 Å². The normalized spacial score (nSPS) is 9.68. The van der Waals surface area contributed by atoms with Crippen molar-refractivity contribution in [2.75, 3.05) is 54.6 Å². The van der Waals surface area contributed by atoms with E-state index in [-0.39, 0.29) is 38.3 Å². The number of esters is 1. The van der Waals surface area contributed by atoms with E-state index in [2.05, 4.69) is 26.0 Å². The molecule has 11 heteroatoms. The highest BCUT2D eigenvalue weighted by atomic mass is 28.2. The van der Waals surface area contributed by atoms with Gasteiger partial charge in [0.15, 0.2) is 9.76 Å². The topological polar surface area (TPSA) is 83.0 Å². The van der Waals surface area contributed by atoms with E-state index in [0.29, 0.717) is 6.61 Å². The van der Waals surface area contributed by atoms with Gasteiger partial charge < -0.3 is 23.8 Å². The average Bonchev–Trinajstić information content (AvgIpc) is 2.69. The van der Waals surface area contributed by atoms with E-state index >= 15 is 0 Å². The van der Waals surface area contributed by atoms with Crippen LogP contribution in [0.5, 0.6) is 0 Å². The average molecular weight is 434 g/mol. The van der Waals surface area contributed by atoms with Crippen molar-refractivity contribution >= 4 is 31.2 Å². The number of ether oxygens (including phenoxy) is 1. The van der Waals surface area contributed by atoms with Crippen LogP contribution in [-0.2, 0) is 28.5 Å². The fourth-order valence-electron chi connectivity index (χ4n) is 1.56. The highest BCUT2D eigenvalue weighted by molar-refractivity contribution is 6.33. The molecule has 0 bridgehead atoms. The van der Waals surface area contributed by atoms with Crippen molar-refractivity contribution in [3.63, 3.8) is 0 Å². The van der Waals surface area contributed by atoms with E-state index in [1.165, 1.54) is 20.3 Å². The molecule has 0 saturated heterocycles. The SMILES string of the molecule is COOC.[C-]#[N+]CC(=O)N(C)CCC[SiH2]C.[C-]#[N+]CC(=O)OCCC[SiH2]OC. The van der Waals surface area contributed by atoms with Gasteiger partial charge in [0.25, 0.3) is 6.54 Å². The number of nitrogens with zero attached hydrogens (tertiary/aromatic N) is 3. The Morgan fingerprint density at radius 2 is 1.61 bits per heavy atom. The third kappa shape index (κ3) is 29.0. The van der Waals surface area contributed by atoms with Crippen molar-refractivity contribution < 1.29 is 28.5 Å². The lowest BCUT2D eigenvalue weighted by atomic mass is 10.4. The van der Waals surface area contributed by atoms with Crippen LogP contribution in [0.1, 0.15) is 12.8 Å². The molecule has 0 saturated carbocycles. The van der Waals surface area contributed by atoms with Crippen molar-refractivity contribution in [1.82, 2.24) is 4.90 Å². The molecule has 0 aromatic carbocycles. The van der Waals surface area contributed by atoms with Gasteiger partial charge in [-0.25, -0.2) is 27.7 Å². The fourth-order valence-corrected chi connectivity index (χ4v) is 2.98. The molecule has 9 nitrogen and oxygen atoms in total. The quantitative estimate of drug-likeness (QED) is 0.112. The Bertz CT molecular complexity index is 453. The van der Waals surface area contributed by atoms with Gasteiger partial charge >= 0.3 is 18.4 Å². The zero-order chi connectivity index (χ0) is 22.0. The van der Waals surface area contributed by atoms with Gasteiger partial charge in [-0.15, -0.1) is 0 Å². The first-order chi connectivity index (χ1) is 13.4. The second-order valence-corrected chi connectivity index (χ2v) is 8.81. The van der Waals surface area contributed by atoms with Gasteiger partial charge in [0.05, 0.1) is 20.8 Å². The van der Waals surface area contributed by atoms with E-state index in [4.69, 9.17) is 22.3 Å². The van der Waals surface area contributed by atoms with Crippen LogP contribution in [0.3, 0.4) is 0 Å². The molecule has 0 aromatic heterocycles. The van der Waals surface area contributed by atoms with Crippen LogP contribution in [-0.4, -0.2) is 90.7 Å². The fraction of sp³-hybridized carbons (Fsp3) is 0.765. The lowest BCUT2D eigenvalue weighted by Crippen LogP contribution is -2.29. The Labute approximate surface area is 174 Å². The summed E-state index contributed by atoms with van der Waals surface area (Å²) in [6, 6.07) is 2.30. The number of carbonyl (C=O) groups is 2. The van der Waals surface area contributed by atoms with Crippen molar-refractivity contribution in [2.24, 2.45) is 0 Å². The molecule has 0 aliphatic carbocycles. The standard InChI is InChI=1S/C8H16N2OSi.C7H13NO3Si.C2H6O2/c1-9-7-8(11)10(2)5-4-6-12-3;1-8-6-7(9)11-4-3-5-12-10-2;1-3-4-2/h4-7,12H2,2-3H3;3-6,12H2,2H3;1-2H3. The molecule has 0 atom stereocenters. The van der Waals surface area contributed by atoms with Gasteiger partial charge in [-0.2, -0.15) is 0 Å². The van der Waals surface area contributed by atoms with Gasteiger partial charge in [-0.3, -0.25) is 4.79 Å². The summed E-state index contributed by atoms with van der Waals surface area (Å²) in [5.74, 6) is -0.480. The third-order valence-corrected chi connectivity index (χ3v) is 5.52. The minimum atomic E-state index is -0.427. The van der Waals surface area contributed by atoms with E-state index in [9.17, 15) is 9.59 Å². The molecule has 0 N–H and O–H groups in total. The van der Waals surface area contributed by atoms with Crippen molar-refractivity contribution in [3.8, 4) is 0 Å². The lowest BCUT2D eigenvalue weighted by Gasteiger charge is -2.13. The molecular weight excluding hydrogens is 398 g/mol. The van der Waals surface area contributed by atoms with Gasteiger partial charge in [0.2, 0.25) is 0 Å². The number of hydrogen-bond acceptors (Lipinski definition) is 6. The highest BCUT2D eigenvalue weighted by Crippen LogP contribution is 1.94. The number of rotatable bonds is 12. The van der Waals surface area contributed by atoms with Crippen molar-refractivity contribution in [3.05, 3.63) is 22.8 Å². The smallest absolute Gasteiger partial charge is 0.387 e. The summed E-state index contributed by atoms with van der Waals surface area (Å²) >= 11 is 0. The van der Waals surface area contributed by atoms with Gasteiger partial charge in [0, 0.05) is 30.2 Å². The minimum absolute atomic E-state index is 0.0000531. The first-order valence-corrected chi connectivity index (χ1v) is 13.1. The zero-order valence-electron chi connectivity index (χ0n) is 17.9. The maximum atomic E-state index is 11.1. The van der Waals surface area contributed by atoms with E-state index in [1.807, 2.05) is 0 Å². The first-order valence-electron chi connectivity index (χ1n) is 9.06. The van der Waals surface area contributed by atoms with E-state index in [1.54, 1.807) is 19.1 Å². The summed E-state index contributed by atoms with van der Waals surface area (Å²) in [7, 11) is 6.13. The molecule has 0 unspecified atom stereocenters. The van der Waals surface area contributed by atoms with Crippen molar-refractivity contribution in [1.29, 1.82) is 0 Å². The summed E-state index contributed by atoms with van der Waals surface area (Å²) in [4.78, 5) is 37.4. The zero-order valence-corrected chi connectivity index (χ0v) is 20.7. The maximum absolute atomic E-state index is 11.1. The van der Waals surface area contributed by atoms with Gasteiger partial charge in [-0.05, 0) is 18.9 Å². The van der Waals surface area contributed by atoms with Crippen molar-refractivity contribution in [2.45, 2.75) is 31.5 Å². The Morgan fingerprint density at radius 3 is 2.07 bits per heavy atom. The summed E-state index contributed by atoms with van der Waals surface area (Å²) in [6.07, 6.45) is 1.95. The second kappa shape index (κ2) is 27.5. The predicted molar refractivity (Wildman–Crippen MR) is 114 cm³/mol. The molecule has 0 heterocycles. The molecule has 1 amide bonds. The largest absolute Gasteiger partial charge is 0.460 e. The van der Waals surface area contributed by atoms with E-state index < -0.39 is 5.97 Å². The molecule has 0 spiro atoms. The Kier molecular flexibility index (Phi) is 30.3. The van der Waals surface area contributed by atoms with Crippen LogP contribution >= 0.6 is 0 Å². The molecule has 0 rings (SSSR count). The maximum Gasteiger partial charge on any atom is 0.387 e. The van der Waals surface area contributed by atoms with Crippen LogP contribution in [0.4, 0.5) is 0 Å². The summed E-state index contributed by atoms with van der Waals surface area (Å²) in [5, 5.41) is 0. The molecule has 0 aromatic rings. The van der Waals surface area contributed by atoms with Crippen LogP contribution in [0.25, 0.3) is 9.69 Å². The molecule has 0 aliphatic heterocycles. The Morgan fingerprint density at radius 1 is 1.00 bits per heavy atom. The first kappa shape index (κ1) is 30.9.